The molecule has 1 aromatic rings. The minimum atomic E-state index is -3.39. The van der Waals surface area contributed by atoms with E-state index in [1.807, 2.05) is 0 Å². The molecule has 1 aromatic carbocycles. The average Bonchev–Trinajstić information content (AvgIpc) is 3.24. The van der Waals surface area contributed by atoms with Crippen LogP contribution in [0.15, 0.2) is 28.7 Å². The zero-order chi connectivity index (χ0) is 21.8. The van der Waals surface area contributed by atoms with Gasteiger partial charge in [0.05, 0.1) is 22.8 Å². The second-order valence-electron chi connectivity index (χ2n) is 8.90. The summed E-state index contributed by atoms with van der Waals surface area (Å²) in [6.07, 6.45) is 11.1. The van der Waals surface area contributed by atoms with E-state index in [1.54, 1.807) is 13.0 Å². The second-order valence-corrected chi connectivity index (χ2v) is 11.2. The van der Waals surface area contributed by atoms with Gasteiger partial charge in [0, 0.05) is 19.1 Å². The lowest BCUT2D eigenvalue weighted by molar-refractivity contribution is 0.0936. The highest BCUT2D eigenvalue weighted by Gasteiger charge is 2.28. The van der Waals surface area contributed by atoms with Crippen LogP contribution in [-0.4, -0.2) is 57.3 Å². The number of aryl methyl sites for hydroxylation is 1. The van der Waals surface area contributed by atoms with Gasteiger partial charge >= 0.3 is 0 Å². The molecule has 1 N–H and O–H groups in total. The summed E-state index contributed by atoms with van der Waals surface area (Å²) in [6.45, 7) is 4.83. The molecular weight excluding hydrogens is 412 g/mol. The second kappa shape index (κ2) is 9.74. The third-order valence-corrected chi connectivity index (χ3v) is 8.46. The van der Waals surface area contributed by atoms with E-state index in [2.05, 4.69) is 16.3 Å². The molecule has 0 aromatic heterocycles. The first-order valence-electron chi connectivity index (χ1n) is 11.7. The number of sulfone groups is 1. The van der Waals surface area contributed by atoms with E-state index in [0.29, 0.717) is 30.5 Å². The molecule has 0 bridgehead atoms. The van der Waals surface area contributed by atoms with Crippen molar-refractivity contribution in [2.45, 2.75) is 69.2 Å². The quantitative estimate of drug-likeness (QED) is 0.649. The summed E-state index contributed by atoms with van der Waals surface area (Å²) in [5.74, 6) is 0.324. The molecule has 7 heteroatoms. The monoisotopic (exact) mass is 446 g/mol. The molecule has 1 amide bonds. The maximum atomic E-state index is 13.1. The Bertz CT molecular complexity index is 955. The predicted octanol–water partition coefficient (Wildman–Crippen LogP) is 3.50. The molecule has 2 aliphatic heterocycles. The Morgan fingerprint density at radius 2 is 2.06 bits per heavy atom. The topological polar surface area (TPSA) is 75.7 Å². The first kappa shape index (κ1) is 22.3. The van der Waals surface area contributed by atoms with Crippen molar-refractivity contribution in [1.82, 2.24) is 10.2 Å². The molecule has 1 unspecified atom stereocenters. The molecule has 1 aliphatic carbocycles. The fourth-order valence-corrected chi connectivity index (χ4v) is 5.87. The minimum Gasteiger partial charge on any atom is -0.492 e. The van der Waals surface area contributed by atoms with E-state index in [4.69, 9.17) is 4.74 Å². The number of likely N-dealkylation sites (tertiary alicyclic amines) is 1. The molecule has 6 nitrogen and oxygen atoms in total. The molecule has 4 rings (SSSR count). The Hall–Kier alpha value is -1.86. The van der Waals surface area contributed by atoms with Crippen molar-refractivity contribution in [2.75, 3.05) is 32.0 Å². The third kappa shape index (κ3) is 5.14. The van der Waals surface area contributed by atoms with Crippen molar-refractivity contribution in [1.29, 1.82) is 0 Å². The Morgan fingerprint density at radius 1 is 1.19 bits per heavy atom. The molecule has 2 heterocycles. The number of ether oxygens (including phenoxy) is 1. The number of allylic oxidation sites excluding steroid dienone is 1. The lowest BCUT2D eigenvalue weighted by Crippen LogP contribution is -2.41. The maximum absolute atomic E-state index is 13.1. The summed E-state index contributed by atoms with van der Waals surface area (Å²) < 4.78 is 30.7. The van der Waals surface area contributed by atoms with E-state index in [0.717, 1.165) is 44.3 Å². The van der Waals surface area contributed by atoms with E-state index < -0.39 is 9.84 Å². The number of benzene rings is 1. The first-order valence-corrected chi connectivity index (χ1v) is 13.4. The standard InChI is InChI=1S/C24H34N2O4S/c1-2-31(28,29)21-14-19-10-7-13-30-23(19)22(15-21)24(27)25-16-20-11-6-12-26(20)17-18-8-4-3-5-9-18/h8,14-15,20H,2-7,9-13,16-17H2,1H3,(H,25,27). The Balaban J connectivity index is 1.48. The van der Waals surface area contributed by atoms with E-state index in [-0.39, 0.29) is 16.6 Å². The molecule has 0 radical (unpaired) electrons. The average molecular weight is 447 g/mol. The highest BCUT2D eigenvalue weighted by molar-refractivity contribution is 7.91. The zero-order valence-corrected chi connectivity index (χ0v) is 19.3. The Kier molecular flexibility index (Phi) is 7.02. The Labute approximate surface area is 186 Å². The number of nitrogens with zero attached hydrogens (tertiary/aromatic N) is 1. The zero-order valence-electron chi connectivity index (χ0n) is 18.5. The van der Waals surface area contributed by atoms with Crippen LogP contribution in [0.1, 0.15) is 67.8 Å². The molecule has 1 atom stereocenters. The van der Waals surface area contributed by atoms with E-state index >= 15 is 0 Å². The maximum Gasteiger partial charge on any atom is 0.255 e. The van der Waals surface area contributed by atoms with Gasteiger partial charge < -0.3 is 10.1 Å². The number of hydrogen-bond donors (Lipinski definition) is 1. The number of nitrogens with one attached hydrogen (secondary N) is 1. The van der Waals surface area contributed by atoms with Gasteiger partial charge in [-0.15, -0.1) is 0 Å². The fraction of sp³-hybridized carbons (Fsp3) is 0.625. The van der Waals surface area contributed by atoms with Crippen molar-refractivity contribution in [3.05, 3.63) is 34.9 Å². The number of rotatable bonds is 7. The van der Waals surface area contributed by atoms with Crippen molar-refractivity contribution in [3.8, 4) is 5.75 Å². The highest BCUT2D eigenvalue weighted by atomic mass is 32.2. The molecule has 0 spiro atoms. The van der Waals surface area contributed by atoms with Gasteiger partial charge in [-0.3, -0.25) is 9.69 Å². The summed E-state index contributed by atoms with van der Waals surface area (Å²) in [4.78, 5) is 15.8. The van der Waals surface area contributed by atoms with Crippen LogP contribution in [0.5, 0.6) is 5.75 Å². The van der Waals surface area contributed by atoms with Crippen LogP contribution in [0.4, 0.5) is 0 Å². The van der Waals surface area contributed by atoms with E-state index in [9.17, 15) is 13.2 Å². The van der Waals surface area contributed by atoms with Crippen molar-refractivity contribution in [3.63, 3.8) is 0 Å². The van der Waals surface area contributed by atoms with Gasteiger partial charge in [-0.25, -0.2) is 8.42 Å². The summed E-state index contributed by atoms with van der Waals surface area (Å²) in [6, 6.07) is 3.50. The van der Waals surface area contributed by atoms with E-state index in [1.165, 1.54) is 37.3 Å². The normalized spacial score (nSPS) is 21.8. The van der Waals surface area contributed by atoms with Crippen LogP contribution in [-0.2, 0) is 16.3 Å². The van der Waals surface area contributed by atoms with Gasteiger partial charge in [-0.2, -0.15) is 0 Å². The summed E-state index contributed by atoms with van der Waals surface area (Å²) in [5, 5.41) is 3.08. The number of fused-ring (bicyclic) bond motifs is 1. The summed E-state index contributed by atoms with van der Waals surface area (Å²) >= 11 is 0. The molecule has 1 fully saturated rings. The summed E-state index contributed by atoms with van der Waals surface area (Å²) in [5.41, 5.74) is 2.70. The molecule has 31 heavy (non-hydrogen) atoms. The molecule has 1 saturated heterocycles. The van der Waals surface area contributed by atoms with Crippen molar-refractivity contribution >= 4 is 15.7 Å². The molecule has 3 aliphatic rings. The van der Waals surface area contributed by atoms with Crippen LogP contribution in [0.3, 0.4) is 0 Å². The smallest absolute Gasteiger partial charge is 0.255 e. The van der Waals surface area contributed by atoms with Crippen molar-refractivity contribution in [2.24, 2.45) is 0 Å². The van der Waals surface area contributed by atoms with Crippen LogP contribution in [0.2, 0.25) is 0 Å². The lowest BCUT2D eigenvalue weighted by atomic mass is 9.99. The number of carbonyl (C=O) groups is 1. The highest BCUT2D eigenvalue weighted by Crippen LogP contribution is 2.32. The van der Waals surface area contributed by atoms with Gasteiger partial charge in [0.2, 0.25) is 0 Å². The predicted molar refractivity (Wildman–Crippen MR) is 121 cm³/mol. The third-order valence-electron chi connectivity index (χ3n) is 6.75. The lowest BCUT2D eigenvalue weighted by Gasteiger charge is -2.27. The van der Waals surface area contributed by atoms with Gasteiger partial charge in [-0.05, 0) is 75.6 Å². The Morgan fingerprint density at radius 3 is 2.84 bits per heavy atom. The van der Waals surface area contributed by atoms with Gasteiger partial charge in [0.1, 0.15) is 5.75 Å². The number of hydrogen-bond acceptors (Lipinski definition) is 5. The minimum absolute atomic E-state index is 0.0145. The van der Waals surface area contributed by atoms with Crippen LogP contribution >= 0.6 is 0 Å². The number of amides is 1. The fourth-order valence-electron chi connectivity index (χ4n) is 4.92. The molecular formula is C24H34N2O4S. The molecule has 0 saturated carbocycles. The van der Waals surface area contributed by atoms with Gasteiger partial charge in [0.25, 0.3) is 5.91 Å². The summed E-state index contributed by atoms with van der Waals surface area (Å²) in [7, 11) is -3.39. The SMILES string of the molecule is CCS(=O)(=O)c1cc2c(c(C(=O)NCC3CCCN3CC3=CCCCC3)c1)OCCC2. The van der Waals surface area contributed by atoms with Crippen molar-refractivity contribution < 1.29 is 17.9 Å². The van der Waals surface area contributed by atoms with Crippen LogP contribution in [0.25, 0.3) is 0 Å². The largest absolute Gasteiger partial charge is 0.492 e. The number of carbonyl (C=O) groups excluding carboxylic acids is 1. The van der Waals surface area contributed by atoms with Crippen LogP contribution < -0.4 is 10.1 Å². The molecule has 170 valence electrons. The van der Waals surface area contributed by atoms with Gasteiger partial charge in [-0.1, -0.05) is 18.6 Å². The van der Waals surface area contributed by atoms with Crippen LogP contribution in [0, 0.1) is 0 Å². The van der Waals surface area contributed by atoms with Gasteiger partial charge in [0.15, 0.2) is 9.84 Å². The first-order chi connectivity index (χ1) is 15.0.